The molecule has 2 aliphatic carbocycles. The minimum atomic E-state index is -1.10. The topological polar surface area (TPSA) is 136 Å². The maximum atomic E-state index is 14.4. The summed E-state index contributed by atoms with van der Waals surface area (Å²) in [5, 5.41) is 6.73. The number of pyridine rings is 1. The van der Waals surface area contributed by atoms with Crippen LogP contribution < -0.4 is 10.6 Å². The maximum absolute atomic E-state index is 14.4. The predicted octanol–water partition coefficient (Wildman–Crippen LogP) is 4.39. The van der Waals surface area contributed by atoms with E-state index in [-0.39, 0.29) is 43.1 Å². The number of fused-ring (bicyclic) bond motifs is 1. The second-order valence-electron chi connectivity index (χ2n) is 12.5. The smallest absolute Gasteiger partial charge is 0.412 e. The van der Waals surface area contributed by atoms with E-state index in [1.165, 1.54) is 12.0 Å². The fourth-order valence-corrected chi connectivity index (χ4v) is 7.01. The van der Waals surface area contributed by atoms with E-state index in [4.69, 9.17) is 14.2 Å². The zero-order valence-electron chi connectivity index (χ0n) is 26.4. The highest BCUT2D eigenvalue weighted by atomic mass is 16.6. The number of aromatic nitrogens is 1. The van der Waals surface area contributed by atoms with Crippen molar-refractivity contribution in [2.24, 2.45) is 11.8 Å². The largest absolute Gasteiger partial charge is 0.467 e. The summed E-state index contributed by atoms with van der Waals surface area (Å²) in [6.45, 7) is 7.55. The van der Waals surface area contributed by atoms with Gasteiger partial charge in [-0.1, -0.05) is 63.5 Å². The number of esters is 1. The first-order valence-electron chi connectivity index (χ1n) is 16.0. The molecule has 5 atom stereocenters. The molecular formula is C34H44N4O7. The molecule has 1 saturated heterocycles. The van der Waals surface area contributed by atoms with Crippen LogP contribution >= 0.6 is 0 Å². The second-order valence-corrected chi connectivity index (χ2v) is 12.5. The van der Waals surface area contributed by atoms with Gasteiger partial charge in [-0.05, 0) is 44.1 Å². The molecule has 1 aliphatic heterocycles. The van der Waals surface area contributed by atoms with Crippen molar-refractivity contribution in [2.45, 2.75) is 95.5 Å². The van der Waals surface area contributed by atoms with Crippen molar-refractivity contribution in [3.63, 3.8) is 0 Å². The summed E-state index contributed by atoms with van der Waals surface area (Å²) in [4.78, 5) is 59.8. The maximum Gasteiger partial charge on any atom is 0.412 e. The van der Waals surface area contributed by atoms with Gasteiger partial charge in [0.05, 0.1) is 31.1 Å². The highest BCUT2D eigenvalue weighted by Crippen LogP contribution is 2.47. The fourth-order valence-electron chi connectivity index (χ4n) is 7.01. The number of para-hydroxylation sites is 1. The third-order valence-corrected chi connectivity index (χ3v) is 9.46. The van der Waals surface area contributed by atoms with Crippen LogP contribution in [0.4, 0.5) is 4.79 Å². The molecule has 3 fully saturated rings. The number of carbonyl (C=O) groups excluding carboxylic acids is 4. The van der Waals surface area contributed by atoms with Crippen LogP contribution in [0.25, 0.3) is 10.9 Å². The average molecular weight is 621 g/mol. The molecule has 242 valence electrons. The Morgan fingerprint density at radius 3 is 2.58 bits per heavy atom. The Balaban J connectivity index is 1.39. The van der Waals surface area contributed by atoms with Crippen LogP contribution in [-0.4, -0.2) is 71.1 Å². The van der Waals surface area contributed by atoms with E-state index in [0.717, 1.165) is 48.6 Å². The normalized spacial score (nSPS) is 25.3. The number of carbonyl (C=O) groups is 4. The van der Waals surface area contributed by atoms with Crippen LogP contribution in [0.5, 0.6) is 0 Å². The summed E-state index contributed by atoms with van der Waals surface area (Å²) in [5.74, 6) is -1.23. The number of likely N-dealkylation sites (tertiary alicyclic amines) is 1. The number of nitrogens with zero attached hydrogens (tertiary/aromatic N) is 2. The summed E-state index contributed by atoms with van der Waals surface area (Å²) in [6.07, 6.45) is 6.43. The van der Waals surface area contributed by atoms with Crippen molar-refractivity contribution >= 4 is 34.8 Å². The molecule has 1 aromatic carbocycles. The molecule has 0 bridgehead atoms. The molecule has 2 saturated carbocycles. The second kappa shape index (κ2) is 14.0. The van der Waals surface area contributed by atoms with Crippen LogP contribution in [0.1, 0.15) is 70.8 Å². The minimum Gasteiger partial charge on any atom is -0.467 e. The highest BCUT2D eigenvalue weighted by molar-refractivity contribution is 5.96. The van der Waals surface area contributed by atoms with Gasteiger partial charge in [-0.3, -0.25) is 14.6 Å². The average Bonchev–Trinajstić information content (AvgIpc) is 3.59. The number of hydrogen-bond donors (Lipinski definition) is 2. The Morgan fingerprint density at radius 2 is 1.89 bits per heavy atom. The van der Waals surface area contributed by atoms with Crippen LogP contribution in [0.15, 0.2) is 48.9 Å². The van der Waals surface area contributed by atoms with Gasteiger partial charge in [-0.2, -0.15) is 0 Å². The van der Waals surface area contributed by atoms with E-state index >= 15 is 0 Å². The number of nitrogens with one attached hydrogen (secondary N) is 2. The first-order valence-corrected chi connectivity index (χ1v) is 16.0. The molecule has 3 aliphatic rings. The molecule has 11 nitrogen and oxygen atoms in total. The summed E-state index contributed by atoms with van der Waals surface area (Å²) in [5.41, 5.74) is 0.628. The Labute approximate surface area is 264 Å². The van der Waals surface area contributed by atoms with Gasteiger partial charge in [-0.25, -0.2) is 9.59 Å². The Morgan fingerprint density at radius 1 is 1.13 bits per heavy atom. The van der Waals surface area contributed by atoms with Crippen LogP contribution in [0.2, 0.25) is 0 Å². The first-order chi connectivity index (χ1) is 21.7. The summed E-state index contributed by atoms with van der Waals surface area (Å²) < 4.78 is 16.6. The molecule has 0 spiro atoms. The number of benzene rings is 1. The van der Waals surface area contributed by atoms with Crippen molar-refractivity contribution in [1.82, 2.24) is 20.5 Å². The van der Waals surface area contributed by atoms with Gasteiger partial charge in [0, 0.05) is 30.1 Å². The van der Waals surface area contributed by atoms with Crippen molar-refractivity contribution in [1.29, 1.82) is 0 Å². The zero-order chi connectivity index (χ0) is 32.1. The van der Waals surface area contributed by atoms with Gasteiger partial charge in [0.25, 0.3) is 0 Å². The molecular weight excluding hydrogens is 576 g/mol. The Bertz CT molecular complexity index is 1440. The van der Waals surface area contributed by atoms with Gasteiger partial charge in [0.1, 0.15) is 17.6 Å². The zero-order valence-corrected chi connectivity index (χ0v) is 26.4. The van der Waals surface area contributed by atoms with Gasteiger partial charge in [-0.15, -0.1) is 0 Å². The lowest BCUT2D eigenvalue weighted by Crippen LogP contribution is -2.58. The summed E-state index contributed by atoms with van der Waals surface area (Å²) in [7, 11) is 1.31. The molecule has 0 radical (unpaired) electrons. The monoisotopic (exact) mass is 620 g/mol. The van der Waals surface area contributed by atoms with Crippen LogP contribution in [-0.2, 0) is 35.2 Å². The molecule has 1 unspecified atom stereocenters. The van der Waals surface area contributed by atoms with E-state index in [1.54, 1.807) is 13.1 Å². The quantitative estimate of drug-likeness (QED) is 0.279. The molecule has 2 heterocycles. The molecule has 3 amide bonds. The Kier molecular flexibility index (Phi) is 10.1. The molecule has 2 N–H and O–H groups in total. The molecule has 11 heteroatoms. The summed E-state index contributed by atoms with van der Waals surface area (Å²) >= 11 is 0. The van der Waals surface area contributed by atoms with E-state index in [1.807, 2.05) is 37.3 Å². The number of rotatable bonds is 11. The van der Waals surface area contributed by atoms with Gasteiger partial charge in [0.2, 0.25) is 11.8 Å². The summed E-state index contributed by atoms with van der Waals surface area (Å²) in [6, 6.07) is 7.95. The van der Waals surface area contributed by atoms with Crippen molar-refractivity contribution in [3.8, 4) is 0 Å². The van der Waals surface area contributed by atoms with E-state index in [9.17, 15) is 19.2 Å². The first kappa shape index (κ1) is 32.4. The lowest BCUT2D eigenvalue weighted by Gasteiger charge is -2.34. The van der Waals surface area contributed by atoms with Crippen molar-refractivity contribution in [3.05, 3.63) is 54.4 Å². The molecule has 2 aromatic rings. The number of hydrogen-bond acceptors (Lipinski definition) is 8. The predicted molar refractivity (Wildman–Crippen MR) is 167 cm³/mol. The number of amides is 3. The number of alkyl carbamates (subject to hydrolysis) is 1. The van der Waals surface area contributed by atoms with Gasteiger partial charge in [0.15, 0.2) is 0 Å². The van der Waals surface area contributed by atoms with Gasteiger partial charge >= 0.3 is 12.1 Å². The molecule has 1 aromatic heterocycles. The highest BCUT2D eigenvalue weighted by Gasteiger charge is 2.62. The van der Waals surface area contributed by atoms with E-state index in [0.29, 0.717) is 12.8 Å². The molecule has 5 rings (SSSR count). The fraction of sp³-hybridized carbons (Fsp3) is 0.559. The number of ether oxygens (including phenoxy) is 3. The van der Waals surface area contributed by atoms with Crippen LogP contribution in [0, 0.1) is 11.8 Å². The van der Waals surface area contributed by atoms with Gasteiger partial charge < -0.3 is 29.7 Å². The standard InChI is InChI=1S/C34H44N4O7/c1-5-25-18-34(25,32(41)43-4)37-30(39)27-17-26(44-20-24-14-9-13-22-15-10-16-35-28(22)24)19-38(27)31(40)29(23-11-7-6-8-12-23)36-33(42)45-21(2)3/h9-10,13-16,23,25-27,29H,2,5-8,11-12,17-20H2,1,3-4H3,(H,36,42)(H,37,39)/t25-,26+,27-,29-,34?/m0/s1. The van der Waals surface area contributed by atoms with E-state index < -0.39 is 41.7 Å². The lowest BCUT2D eigenvalue weighted by molar-refractivity contribution is -0.148. The molecule has 45 heavy (non-hydrogen) atoms. The number of allylic oxidation sites excluding steroid dienone is 1. The van der Waals surface area contributed by atoms with Crippen molar-refractivity contribution < 1.29 is 33.4 Å². The van der Waals surface area contributed by atoms with Crippen molar-refractivity contribution in [2.75, 3.05) is 13.7 Å². The van der Waals surface area contributed by atoms with E-state index in [2.05, 4.69) is 22.2 Å². The number of methoxy groups -OCH3 is 1. The third-order valence-electron chi connectivity index (χ3n) is 9.46. The Hall–Kier alpha value is -3.99. The lowest BCUT2D eigenvalue weighted by atomic mass is 9.83. The van der Waals surface area contributed by atoms with Crippen LogP contribution in [0.3, 0.4) is 0 Å². The minimum absolute atomic E-state index is 0.0427. The third kappa shape index (κ3) is 7.13. The SMILES string of the molecule is C=C(C)OC(=O)N[C@H](C(=O)N1C[C@H](OCc2cccc3cccnc23)C[C@H]1C(=O)NC1(C(=O)OC)C[C@@H]1CC)C1CCCCC1.